The summed E-state index contributed by atoms with van der Waals surface area (Å²) in [6.45, 7) is 0.369. The van der Waals surface area contributed by atoms with E-state index in [9.17, 15) is 14.7 Å². The molecule has 0 atom stereocenters. The van der Waals surface area contributed by atoms with Crippen LogP contribution in [0.4, 0.5) is 0 Å². The number of carbonyl (C=O) groups excluding carboxylic acids is 1. The number of ether oxygens (including phenoxy) is 1. The second-order valence-electron chi connectivity index (χ2n) is 6.21. The Morgan fingerprint density at radius 2 is 1.69 bits per heavy atom. The van der Waals surface area contributed by atoms with E-state index in [0.29, 0.717) is 22.1 Å². The molecule has 0 unspecified atom stereocenters. The second-order valence-corrected chi connectivity index (χ2v) is 6.65. The summed E-state index contributed by atoms with van der Waals surface area (Å²) in [7, 11) is 0. The summed E-state index contributed by atoms with van der Waals surface area (Å²) < 4.78 is 5.73. The molecule has 6 nitrogen and oxygen atoms in total. The first kappa shape index (κ1) is 18.2. The molecule has 2 aromatic rings. The Kier molecular flexibility index (Phi) is 5.15. The topological polar surface area (TPSA) is 87.1 Å². The molecule has 1 amide bonds. The number of aliphatic carboxylic acids is 1. The lowest BCUT2D eigenvalue weighted by Gasteiger charge is -2.35. The van der Waals surface area contributed by atoms with Gasteiger partial charge < -0.3 is 19.8 Å². The van der Waals surface area contributed by atoms with Crippen molar-refractivity contribution >= 4 is 23.5 Å². The highest BCUT2D eigenvalue weighted by Gasteiger charge is 2.40. The fourth-order valence-corrected chi connectivity index (χ4v) is 2.93. The lowest BCUT2D eigenvalue weighted by atomic mass is 9.91. The first-order valence-electron chi connectivity index (χ1n) is 8.16. The summed E-state index contributed by atoms with van der Waals surface area (Å²) in [4.78, 5) is 25.3. The van der Waals surface area contributed by atoms with Crippen LogP contribution in [0.5, 0.6) is 11.5 Å². The summed E-state index contributed by atoms with van der Waals surface area (Å²) in [5.74, 6) is -0.359. The average Bonchev–Trinajstić information content (AvgIpc) is 2.64. The Hall–Kier alpha value is -2.57. The molecule has 0 radical (unpaired) electrons. The molecule has 0 spiro atoms. The molecule has 1 saturated heterocycles. The number of halogens is 1. The lowest BCUT2D eigenvalue weighted by molar-refractivity contribution is -0.162. The fourth-order valence-electron chi connectivity index (χ4n) is 2.81. The number of piperidine rings is 1. The van der Waals surface area contributed by atoms with E-state index in [1.165, 1.54) is 0 Å². The zero-order valence-corrected chi connectivity index (χ0v) is 14.6. The Labute approximate surface area is 155 Å². The monoisotopic (exact) mass is 375 g/mol. The standard InChI is InChI=1S/C19H18ClNO5/c20-14-4-6-15(7-5-14)26-16-3-1-2-13(12-16)17(22)21-10-8-19(25,9-11-21)18(23)24/h1-7,12,25H,8-11H2,(H,23,24). The summed E-state index contributed by atoms with van der Waals surface area (Å²) in [6, 6.07) is 13.7. The number of benzene rings is 2. The van der Waals surface area contributed by atoms with Crippen molar-refractivity contribution in [3.63, 3.8) is 0 Å². The van der Waals surface area contributed by atoms with Crippen molar-refractivity contribution in [2.45, 2.75) is 18.4 Å². The SMILES string of the molecule is O=C(c1cccc(Oc2ccc(Cl)cc2)c1)N1CCC(O)(C(=O)O)CC1. The van der Waals surface area contributed by atoms with Gasteiger partial charge in [-0.2, -0.15) is 0 Å². The fraction of sp³-hybridized carbons (Fsp3) is 0.263. The highest BCUT2D eigenvalue weighted by molar-refractivity contribution is 6.30. The Morgan fingerprint density at radius 1 is 1.04 bits per heavy atom. The highest BCUT2D eigenvalue weighted by Crippen LogP contribution is 2.26. The van der Waals surface area contributed by atoms with Crippen LogP contribution in [0.1, 0.15) is 23.2 Å². The van der Waals surface area contributed by atoms with E-state index in [1.807, 2.05) is 0 Å². The van der Waals surface area contributed by atoms with Crippen molar-refractivity contribution in [3.05, 3.63) is 59.1 Å². The molecule has 1 fully saturated rings. The van der Waals surface area contributed by atoms with Gasteiger partial charge in [0.1, 0.15) is 11.5 Å². The number of hydrogen-bond donors (Lipinski definition) is 2. The van der Waals surface area contributed by atoms with Gasteiger partial charge in [-0.25, -0.2) is 4.79 Å². The van der Waals surface area contributed by atoms with E-state index in [-0.39, 0.29) is 31.8 Å². The number of rotatable bonds is 4. The van der Waals surface area contributed by atoms with Crippen LogP contribution in [0, 0.1) is 0 Å². The van der Waals surface area contributed by atoms with Gasteiger partial charge in [-0.3, -0.25) is 4.79 Å². The molecule has 2 aromatic carbocycles. The Morgan fingerprint density at radius 3 is 2.31 bits per heavy atom. The molecule has 3 rings (SSSR count). The first-order chi connectivity index (χ1) is 12.4. The van der Waals surface area contributed by atoms with Crippen molar-refractivity contribution in [3.8, 4) is 11.5 Å². The molecule has 1 aliphatic heterocycles. The number of carboxylic acid groups (broad SMARTS) is 1. The molecule has 26 heavy (non-hydrogen) atoms. The average molecular weight is 376 g/mol. The number of nitrogens with zero attached hydrogens (tertiary/aromatic N) is 1. The van der Waals surface area contributed by atoms with Gasteiger partial charge in [0.25, 0.3) is 5.91 Å². The minimum atomic E-state index is -1.75. The quantitative estimate of drug-likeness (QED) is 0.857. The molecule has 0 aliphatic carbocycles. The normalized spacial score (nSPS) is 16.2. The van der Waals surface area contributed by atoms with Crippen molar-refractivity contribution < 1.29 is 24.5 Å². The van der Waals surface area contributed by atoms with Gasteiger partial charge in [-0.15, -0.1) is 0 Å². The molecular weight excluding hydrogens is 358 g/mol. The molecule has 0 aromatic heterocycles. The second kappa shape index (κ2) is 7.35. The number of amides is 1. The van der Waals surface area contributed by atoms with E-state index in [1.54, 1.807) is 53.4 Å². The maximum atomic E-state index is 12.7. The zero-order chi connectivity index (χ0) is 18.7. The Balaban J connectivity index is 1.69. The predicted octanol–water partition coefficient (Wildman–Crippen LogP) is 3.18. The van der Waals surface area contributed by atoms with Gasteiger partial charge >= 0.3 is 5.97 Å². The van der Waals surface area contributed by atoms with E-state index in [2.05, 4.69) is 0 Å². The van der Waals surface area contributed by atoms with Crippen molar-refractivity contribution in [1.29, 1.82) is 0 Å². The summed E-state index contributed by atoms with van der Waals surface area (Å²) >= 11 is 5.85. The van der Waals surface area contributed by atoms with Gasteiger partial charge in [0.2, 0.25) is 0 Å². The van der Waals surface area contributed by atoms with Gasteiger partial charge in [0.15, 0.2) is 5.60 Å². The van der Waals surface area contributed by atoms with Crippen LogP contribution in [0.25, 0.3) is 0 Å². The molecule has 0 bridgehead atoms. The van der Waals surface area contributed by atoms with Crippen LogP contribution in [0.2, 0.25) is 5.02 Å². The van der Waals surface area contributed by atoms with E-state index >= 15 is 0 Å². The first-order valence-corrected chi connectivity index (χ1v) is 8.54. The third-order valence-electron chi connectivity index (χ3n) is 4.41. The van der Waals surface area contributed by atoms with Gasteiger partial charge in [-0.05, 0) is 42.5 Å². The Bertz CT molecular complexity index is 813. The maximum absolute atomic E-state index is 12.7. The largest absolute Gasteiger partial charge is 0.479 e. The van der Waals surface area contributed by atoms with Gasteiger partial charge in [-0.1, -0.05) is 17.7 Å². The van der Waals surface area contributed by atoms with Crippen LogP contribution in [-0.4, -0.2) is 45.7 Å². The summed E-state index contributed by atoms with van der Waals surface area (Å²) in [6.07, 6.45) is 0.0179. The maximum Gasteiger partial charge on any atom is 0.335 e. The number of likely N-dealkylation sites (tertiary alicyclic amines) is 1. The number of hydrogen-bond acceptors (Lipinski definition) is 4. The number of aliphatic hydroxyl groups is 1. The van der Waals surface area contributed by atoms with E-state index in [4.69, 9.17) is 21.4 Å². The summed E-state index contributed by atoms with van der Waals surface area (Å²) in [5.41, 5.74) is -1.31. The van der Waals surface area contributed by atoms with Crippen LogP contribution >= 0.6 is 11.6 Å². The van der Waals surface area contributed by atoms with Crippen LogP contribution in [0.3, 0.4) is 0 Å². The number of carbonyl (C=O) groups is 2. The molecular formula is C19H18ClNO5. The van der Waals surface area contributed by atoms with Gasteiger partial charge in [0, 0.05) is 36.5 Å². The van der Waals surface area contributed by atoms with E-state index in [0.717, 1.165) is 0 Å². The minimum absolute atomic E-state index is 0.00897. The smallest absolute Gasteiger partial charge is 0.335 e. The minimum Gasteiger partial charge on any atom is -0.479 e. The van der Waals surface area contributed by atoms with Crippen LogP contribution in [0.15, 0.2) is 48.5 Å². The lowest BCUT2D eigenvalue weighted by Crippen LogP contribution is -2.50. The molecule has 7 heteroatoms. The van der Waals surface area contributed by atoms with Crippen LogP contribution < -0.4 is 4.74 Å². The third-order valence-corrected chi connectivity index (χ3v) is 4.66. The molecule has 1 heterocycles. The molecule has 2 N–H and O–H groups in total. The summed E-state index contributed by atoms with van der Waals surface area (Å²) in [5, 5.41) is 19.6. The highest BCUT2D eigenvalue weighted by atomic mass is 35.5. The number of carboxylic acids is 1. The van der Waals surface area contributed by atoms with Crippen molar-refractivity contribution in [2.24, 2.45) is 0 Å². The molecule has 136 valence electrons. The van der Waals surface area contributed by atoms with Crippen molar-refractivity contribution in [1.82, 2.24) is 4.90 Å². The molecule has 0 saturated carbocycles. The van der Waals surface area contributed by atoms with Crippen LogP contribution in [-0.2, 0) is 4.79 Å². The van der Waals surface area contributed by atoms with E-state index < -0.39 is 11.6 Å². The third kappa shape index (κ3) is 3.98. The van der Waals surface area contributed by atoms with Crippen molar-refractivity contribution in [2.75, 3.05) is 13.1 Å². The molecule has 1 aliphatic rings. The predicted molar refractivity (Wildman–Crippen MR) is 95.7 cm³/mol. The van der Waals surface area contributed by atoms with Gasteiger partial charge in [0.05, 0.1) is 0 Å². The zero-order valence-electron chi connectivity index (χ0n) is 13.9.